The molecule has 0 saturated heterocycles. The lowest BCUT2D eigenvalue weighted by Crippen LogP contribution is -2.39. The number of hydrogen-bond acceptors (Lipinski definition) is 5. The monoisotopic (exact) mass is 376 g/mol. The molecule has 1 aromatic carbocycles. The van der Waals surface area contributed by atoms with Crippen molar-refractivity contribution in [2.24, 2.45) is 0 Å². The largest absolute Gasteiger partial charge is 0.344 e. The fourth-order valence-corrected chi connectivity index (χ4v) is 2.92. The van der Waals surface area contributed by atoms with Gasteiger partial charge in [0.25, 0.3) is 0 Å². The van der Waals surface area contributed by atoms with Gasteiger partial charge in [0, 0.05) is 39.6 Å². The van der Waals surface area contributed by atoms with E-state index in [0.717, 1.165) is 9.87 Å². The summed E-state index contributed by atoms with van der Waals surface area (Å²) in [7, 11) is -0.590. The van der Waals surface area contributed by atoms with Crippen LogP contribution in [0, 0.1) is 0 Å². The Balaban J connectivity index is 1.86. The molecule has 0 aliphatic carbocycles. The summed E-state index contributed by atoms with van der Waals surface area (Å²) in [5.41, 5.74) is 1.51. The van der Waals surface area contributed by atoms with Gasteiger partial charge in [0.1, 0.15) is 0 Å². The molecule has 1 heterocycles. The van der Waals surface area contributed by atoms with E-state index in [1.807, 2.05) is 0 Å². The standard InChI is InChI=1S/C17H20N4O4S/c1-21(2)26(24,25)15-5-3-13(4-6-15)11-19-16(22)17(23)20-12-14-7-9-18-10-8-14/h3-10H,11-12H2,1-2H3,(H,19,22)(H,20,23). The van der Waals surface area contributed by atoms with Crippen LogP contribution in [0.1, 0.15) is 11.1 Å². The van der Waals surface area contributed by atoms with Crippen molar-refractivity contribution >= 4 is 21.8 Å². The highest BCUT2D eigenvalue weighted by molar-refractivity contribution is 7.89. The average Bonchev–Trinajstić information content (AvgIpc) is 2.65. The van der Waals surface area contributed by atoms with E-state index in [2.05, 4.69) is 15.6 Å². The maximum Gasteiger partial charge on any atom is 0.309 e. The first kappa shape index (κ1) is 19.5. The smallest absolute Gasteiger partial charge is 0.309 e. The third-order valence-electron chi connectivity index (χ3n) is 3.56. The Morgan fingerprint density at radius 2 is 1.35 bits per heavy atom. The van der Waals surface area contributed by atoms with Gasteiger partial charge in [-0.1, -0.05) is 12.1 Å². The van der Waals surface area contributed by atoms with Gasteiger partial charge in [0.05, 0.1) is 4.90 Å². The number of rotatable bonds is 6. The molecule has 2 N–H and O–H groups in total. The van der Waals surface area contributed by atoms with Crippen molar-refractivity contribution in [2.75, 3.05) is 14.1 Å². The highest BCUT2D eigenvalue weighted by Crippen LogP contribution is 2.13. The van der Waals surface area contributed by atoms with Crippen molar-refractivity contribution in [3.63, 3.8) is 0 Å². The summed E-state index contributed by atoms with van der Waals surface area (Å²) in [5.74, 6) is -1.50. The number of pyridine rings is 1. The molecule has 0 saturated carbocycles. The van der Waals surface area contributed by atoms with E-state index in [4.69, 9.17) is 0 Å². The molecule has 2 rings (SSSR count). The summed E-state index contributed by atoms with van der Waals surface area (Å²) in [6.07, 6.45) is 3.20. The number of carbonyl (C=O) groups is 2. The van der Waals surface area contributed by atoms with Gasteiger partial charge >= 0.3 is 11.8 Å². The molecule has 0 aliphatic heterocycles. The second kappa shape index (κ2) is 8.54. The minimum Gasteiger partial charge on any atom is -0.344 e. The van der Waals surface area contributed by atoms with Gasteiger partial charge in [-0.3, -0.25) is 14.6 Å². The van der Waals surface area contributed by atoms with Crippen molar-refractivity contribution in [3.05, 3.63) is 59.9 Å². The predicted octanol–water partition coefficient (Wildman–Crippen LogP) is 0.265. The SMILES string of the molecule is CN(C)S(=O)(=O)c1ccc(CNC(=O)C(=O)NCc2ccncc2)cc1. The number of carbonyl (C=O) groups excluding carboxylic acids is 2. The zero-order valence-electron chi connectivity index (χ0n) is 14.5. The first-order valence-corrected chi connectivity index (χ1v) is 9.21. The van der Waals surface area contributed by atoms with Gasteiger partial charge in [-0.15, -0.1) is 0 Å². The van der Waals surface area contributed by atoms with Crippen LogP contribution >= 0.6 is 0 Å². The molecule has 2 amide bonds. The zero-order valence-corrected chi connectivity index (χ0v) is 15.3. The van der Waals surface area contributed by atoms with Crippen LogP contribution in [0.4, 0.5) is 0 Å². The predicted molar refractivity (Wildman–Crippen MR) is 95.2 cm³/mol. The molecule has 0 radical (unpaired) electrons. The van der Waals surface area contributed by atoms with Crippen LogP contribution < -0.4 is 10.6 Å². The van der Waals surface area contributed by atoms with Gasteiger partial charge in [0.15, 0.2) is 0 Å². The van der Waals surface area contributed by atoms with E-state index in [0.29, 0.717) is 5.56 Å². The van der Waals surface area contributed by atoms with Crippen molar-refractivity contribution in [3.8, 4) is 0 Å². The highest BCUT2D eigenvalue weighted by Gasteiger charge is 2.17. The fraction of sp³-hybridized carbons (Fsp3) is 0.235. The molecule has 1 aromatic heterocycles. The lowest BCUT2D eigenvalue weighted by Gasteiger charge is -2.12. The Morgan fingerprint density at radius 1 is 0.885 bits per heavy atom. The lowest BCUT2D eigenvalue weighted by molar-refractivity contribution is -0.139. The molecule has 0 unspecified atom stereocenters. The Morgan fingerprint density at radius 3 is 1.81 bits per heavy atom. The van der Waals surface area contributed by atoms with Gasteiger partial charge in [0.2, 0.25) is 10.0 Å². The Hall–Kier alpha value is -2.78. The van der Waals surface area contributed by atoms with Crippen LogP contribution in [-0.2, 0) is 32.7 Å². The summed E-state index contributed by atoms with van der Waals surface area (Å²) < 4.78 is 25.1. The van der Waals surface area contributed by atoms with Gasteiger partial charge in [-0.2, -0.15) is 0 Å². The third kappa shape index (κ3) is 5.11. The molecule has 26 heavy (non-hydrogen) atoms. The second-order valence-electron chi connectivity index (χ2n) is 5.65. The zero-order chi connectivity index (χ0) is 19.2. The summed E-state index contributed by atoms with van der Waals surface area (Å²) in [5, 5.41) is 5.01. The van der Waals surface area contributed by atoms with E-state index in [1.165, 1.54) is 26.2 Å². The Kier molecular flexibility index (Phi) is 6.42. The minimum atomic E-state index is -3.49. The van der Waals surface area contributed by atoms with E-state index in [-0.39, 0.29) is 18.0 Å². The number of hydrogen-bond donors (Lipinski definition) is 2. The summed E-state index contributed by atoms with van der Waals surface area (Å²) in [6.45, 7) is 0.343. The third-order valence-corrected chi connectivity index (χ3v) is 5.39. The van der Waals surface area contributed by atoms with E-state index >= 15 is 0 Å². The molecule has 0 bridgehead atoms. The highest BCUT2D eigenvalue weighted by atomic mass is 32.2. The number of amides is 2. The van der Waals surface area contributed by atoms with Crippen LogP contribution in [-0.4, -0.2) is 43.6 Å². The van der Waals surface area contributed by atoms with Crippen LogP contribution in [0.25, 0.3) is 0 Å². The molecule has 138 valence electrons. The molecule has 8 nitrogen and oxygen atoms in total. The van der Waals surface area contributed by atoms with E-state index in [9.17, 15) is 18.0 Å². The lowest BCUT2D eigenvalue weighted by atomic mass is 10.2. The van der Waals surface area contributed by atoms with Crippen LogP contribution in [0.2, 0.25) is 0 Å². The normalized spacial score (nSPS) is 11.2. The molecule has 0 atom stereocenters. The first-order chi connectivity index (χ1) is 12.3. The van der Waals surface area contributed by atoms with Crippen LogP contribution in [0.5, 0.6) is 0 Å². The number of nitrogens with zero attached hydrogens (tertiary/aromatic N) is 2. The molecule has 9 heteroatoms. The minimum absolute atomic E-state index is 0.115. The fourth-order valence-electron chi connectivity index (χ4n) is 2.02. The molecule has 0 spiro atoms. The molecule has 0 fully saturated rings. The molecule has 0 aliphatic rings. The van der Waals surface area contributed by atoms with E-state index < -0.39 is 21.8 Å². The van der Waals surface area contributed by atoms with Crippen molar-refractivity contribution in [2.45, 2.75) is 18.0 Å². The topological polar surface area (TPSA) is 108 Å². The van der Waals surface area contributed by atoms with Gasteiger partial charge in [-0.25, -0.2) is 12.7 Å². The maximum absolute atomic E-state index is 12.0. The van der Waals surface area contributed by atoms with Crippen molar-refractivity contribution < 1.29 is 18.0 Å². The number of benzene rings is 1. The van der Waals surface area contributed by atoms with Gasteiger partial charge in [-0.05, 0) is 35.4 Å². The van der Waals surface area contributed by atoms with Crippen LogP contribution in [0.15, 0.2) is 53.7 Å². The number of nitrogens with one attached hydrogen (secondary N) is 2. The average molecular weight is 376 g/mol. The summed E-state index contributed by atoms with van der Waals surface area (Å²) >= 11 is 0. The van der Waals surface area contributed by atoms with Crippen LogP contribution in [0.3, 0.4) is 0 Å². The molecular weight excluding hydrogens is 356 g/mol. The quantitative estimate of drug-likeness (QED) is 0.703. The van der Waals surface area contributed by atoms with Crippen molar-refractivity contribution in [1.29, 1.82) is 0 Å². The Labute approximate surface area is 152 Å². The van der Waals surface area contributed by atoms with E-state index in [1.54, 1.807) is 36.7 Å². The second-order valence-corrected chi connectivity index (χ2v) is 7.80. The maximum atomic E-state index is 12.0. The molecular formula is C17H20N4O4S. The number of aromatic nitrogens is 1. The number of sulfonamides is 1. The summed E-state index contributed by atoms with van der Waals surface area (Å²) in [6, 6.07) is 9.57. The molecule has 2 aromatic rings. The Bertz CT molecular complexity index is 865. The first-order valence-electron chi connectivity index (χ1n) is 7.77. The summed E-state index contributed by atoms with van der Waals surface area (Å²) in [4.78, 5) is 27.6. The van der Waals surface area contributed by atoms with Gasteiger partial charge < -0.3 is 10.6 Å². The van der Waals surface area contributed by atoms with Crippen molar-refractivity contribution in [1.82, 2.24) is 19.9 Å².